The minimum atomic E-state index is -0.889. The first-order valence-corrected chi connectivity index (χ1v) is 8.84. The lowest BCUT2D eigenvalue weighted by Gasteiger charge is -2.17. The highest BCUT2D eigenvalue weighted by Crippen LogP contribution is 2.21. The quantitative estimate of drug-likeness (QED) is 0.679. The largest absolute Gasteiger partial charge is 0.503 e. The number of benzene rings is 1. The Hall–Kier alpha value is -2.93. The first-order valence-electron chi connectivity index (χ1n) is 8.47. The second-order valence-electron chi connectivity index (χ2n) is 7.54. The Morgan fingerprint density at radius 2 is 1.89 bits per heavy atom. The van der Waals surface area contributed by atoms with Crippen molar-refractivity contribution in [3.8, 4) is 5.75 Å². The molecule has 28 heavy (non-hydrogen) atoms. The number of Topliss-reactive ketones (excluding diaryl/α,β-unsaturated/α-hetero) is 1. The van der Waals surface area contributed by atoms with Crippen LogP contribution in [0.4, 0.5) is 4.39 Å². The monoisotopic (exact) mass is 404 g/mol. The van der Waals surface area contributed by atoms with Crippen LogP contribution >= 0.6 is 11.6 Å². The fraction of sp³-hybridized carbons (Fsp3) is 0.250. The lowest BCUT2D eigenvalue weighted by molar-refractivity contribution is 0.0856. The van der Waals surface area contributed by atoms with E-state index in [1.165, 1.54) is 45.8 Å². The highest BCUT2D eigenvalue weighted by molar-refractivity contribution is 6.30. The third kappa shape index (κ3) is 3.45. The van der Waals surface area contributed by atoms with Gasteiger partial charge in [0.25, 0.3) is 5.56 Å². The van der Waals surface area contributed by atoms with Crippen LogP contribution in [0.15, 0.2) is 46.4 Å². The number of aromatic hydroxyl groups is 1. The maximum atomic E-state index is 13.3. The van der Waals surface area contributed by atoms with Crippen LogP contribution in [0, 0.1) is 11.2 Å². The number of hydrogen-bond donors (Lipinski definition) is 1. The van der Waals surface area contributed by atoms with Gasteiger partial charge < -0.3 is 14.1 Å². The van der Waals surface area contributed by atoms with Crippen molar-refractivity contribution < 1.29 is 14.3 Å². The Labute approximate surface area is 164 Å². The first-order chi connectivity index (χ1) is 13.0. The SMILES string of the molecule is CC(C)(C)C(=O)c1cn2ccn(Cc3ccc(F)c(Cl)c3)c(=O)c2c(O)c1=O. The summed E-state index contributed by atoms with van der Waals surface area (Å²) in [5, 5.41) is 10.3. The zero-order valence-electron chi connectivity index (χ0n) is 15.5. The van der Waals surface area contributed by atoms with E-state index in [2.05, 4.69) is 0 Å². The molecule has 3 aromatic rings. The van der Waals surface area contributed by atoms with Crippen LogP contribution in [0.3, 0.4) is 0 Å². The number of pyridine rings is 1. The number of fused-ring (bicyclic) bond motifs is 1. The van der Waals surface area contributed by atoms with Gasteiger partial charge in [0.05, 0.1) is 17.1 Å². The van der Waals surface area contributed by atoms with Crippen molar-refractivity contribution in [3.63, 3.8) is 0 Å². The van der Waals surface area contributed by atoms with E-state index in [-0.39, 0.29) is 22.6 Å². The number of carbonyl (C=O) groups excluding carboxylic acids is 1. The van der Waals surface area contributed by atoms with Crippen LogP contribution in [0.5, 0.6) is 5.75 Å². The molecule has 0 unspecified atom stereocenters. The van der Waals surface area contributed by atoms with Crippen molar-refractivity contribution in [1.29, 1.82) is 0 Å². The number of hydrogen-bond acceptors (Lipinski definition) is 4. The average molecular weight is 405 g/mol. The van der Waals surface area contributed by atoms with E-state index >= 15 is 0 Å². The second kappa shape index (κ2) is 6.91. The van der Waals surface area contributed by atoms with Gasteiger partial charge in [0.15, 0.2) is 17.0 Å². The molecular weight excluding hydrogens is 387 g/mol. The van der Waals surface area contributed by atoms with E-state index in [9.17, 15) is 23.9 Å². The minimum Gasteiger partial charge on any atom is -0.503 e. The number of aromatic nitrogens is 2. The van der Waals surface area contributed by atoms with E-state index in [1.807, 2.05) is 0 Å². The van der Waals surface area contributed by atoms with Crippen molar-refractivity contribution in [3.05, 3.63) is 79.3 Å². The van der Waals surface area contributed by atoms with Crippen LogP contribution < -0.4 is 11.0 Å². The van der Waals surface area contributed by atoms with Crippen LogP contribution in [-0.2, 0) is 6.54 Å². The highest BCUT2D eigenvalue weighted by atomic mass is 35.5. The maximum absolute atomic E-state index is 13.3. The molecule has 0 radical (unpaired) electrons. The molecule has 0 aliphatic heterocycles. The summed E-state index contributed by atoms with van der Waals surface area (Å²) >= 11 is 5.76. The summed E-state index contributed by atoms with van der Waals surface area (Å²) in [5.74, 6) is -1.80. The van der Waals surface area contributed by atoms with Gasteiger partial charge in [-0.25, -0.2) is 4.39 Å². The number of nitrogens with zero attached hydrogens (tertiary/aromatic N) is 2. The molecule has 8 heteroatoms. The molecule has 0 spiro atoms. The fourth-order valence-corrected chi connectivity index (χ4v) is 3.03. The Kier molecular flexibility index (Phi) is 4.89. The third-order valence-corrected chi connectivity index (χ3v) is 4.63. The maximum Gasteiger partial charge on any atom is 0.279 e. The molecular formula is C20H18ClFN2O4. The third-order valence-electron chi connectivity index (χ3n) is 4.34. The molecule has 0 bridgehead atoms. The molecule has 3 rings (SSSR count). The van der Waals surface area contributed by atoms with Gasteiger partial charge in [-0.2, -0.15) is 0 Å². The van der Waals surface area contributed by atoms with Crippen molar-refractivity contribution in [2.24, 2.45) is 5.41 Å². The molecule has 0 atom stereocenters. The van der Waals surface area contributed by atoms with Gasteiger partial charge in [-0.15, -0.1) is 0 Å². The van der Waals surface area contributed by atoms with E-state index in [1.54, 1.807) is 20.8 Å². The van der Waals surface area contributed by atoms with E-state index in [0.717, 1.165) is 0 Å². The first kappa shape index (κ1) is 19.8. The lowest BCUT2D eigenvalue weighted by Crippen LogP contribution is -2.29. The van der Waals surface area contributed by atoms with Crippen molar-refractivity contribution >= 4 is 22.9 Å². The molecule has 146 valence electrons. The lowest BCUT2D eigenvalue weighted by atomic mass is 9.87. The van der Waals surface area contributed by atoms with E-state index < -0.39 is 33.8 Å². The summed E-state index contributed by atoms with van der Waals surface area (Å²) in [6.07, 6.45) is 4.16. The topological polar surface area (TPSA) is 80.8 Å². The molecule has 0 amide bonds. The standard InChI is InChI=1S/C20H18ClFN2O4/c1-20(2,3)18(27)12-10-23-6-7-24(19(28)15(23)17(26)16(12)25)9-11-4-5-14(22)13(21)8-11/h4-8,10,26H,9H2,1-3H3. The molecule has 6 nitrogen and oxygen atoms in total. The van der Waals surface area contributed by atoms with Gasteiger partial charge in [0, 0.05) is 24.0 Å². The Balaban J connectivity index is 2.15. The molecule has 2 aromatic heterocycles. The smallest absolute Gasteiger partial charge is 0.279 e. The molecule has 1 aromatic carbocycles. The zero-order chi connectivity index (χ0) is 20.8. The van der Waals surface area contributed by atoms with Gasteiger partial charge in [-0.1, -0.05) is 38.4 Å². The predicted molar refractivity (Wildman–Crippen MR) is 104 cm³/mol. The number of ketones is 1. The van der Waals surface area contributed by atoms with Crippen LogP contribution in [0.25, 0.3) is 5.52 Å². The van der Waals surface area contributed by atoms with Gasteiger partial charge in [0.1, 0.15) is 5.82 Å². The van der Waals surface area contributed by atoms with Crippen LogP contribution in [0.1, 0.15) is 36.7 Å². The summed E-state index contributed by atoms with van der Waals surface area (Å²) in [5.41, 5.74) is -2.21. The molecule has 0 aliphatic rings. The molecule has 0 fully saturated rings. The van der Waals surface area contributed by atoms with Crippen molar-refractivity contribution in [1.82, 2.24) is 8.97 Å². The fourth-order valence-electron chi connectivity index (χ4n) is 2.83. The summed E-state index contributed by atoms with van der Waals surface area (Å²) in [6.45, 7) is 5.04. The van der Waals surface area contributed by atoms with Crippen LogP contribution in [-0.4, -0.2) is 19.9 Å². The number of rotatable bonds is 3. The molecule has 2 heterocycles. The summed E-state index contributed by atoms with van der Waals surface area (Å²) in [6, 6.07) is 4.07. The summed E-state index contributed by atoms with van der Waals surface area (Å²) < 4.78 is 15.8. The van der Waals surface area contributed by atoms with Gasteiger partial charge in [-0.05, 0) is 17.7 Å². The molecule has 0 saturated heterocycles. The Morgan fingerprint density at radius 1 is 1.21 bits per heavy atom. The second-order valence-corrected chi connectivity index (χ2v) is 7.94. The summed E-state index contributed by atoms with van der Waals surface area (Å²) in [4.78, 5) is 37.8. The number of halogens is 2. The van der Waals surface area contributed by atoms with Gasteiger partial charge in [0.2, 0.25) is 5.43 Å². The van der Waals surface area contributed by atoms with E-state index in [4.69, 9.17) is 11.6 Å². The van der Waals surface area contributed by atoms with Gasteiger partial charge >= 0.3 is 0 Å². The Bertz CT molecular complexity index is 1220. The minimum absolute atomic E-state index is 0.0611. The van der Waals surface area contributed by atoms with Gasteiger partial charge in [-0.3, -0.25) is 14.4 Å². The average Bonchev–Trinajstić information content (AvgIpc) is 2.62. The predicted octanol–water partition coefficient (Wildman–Crippen LogP) is 3.24. The zero-order valence-corrected chi connectivity index (χ0v) is 16.2. The van der Waals surface area contributed by atoms with Crippen molar-refractivity contribution in [2.75, 3.05) is 0 Å². The summed E-state index contributed by atoms with van der Waals surface area (Å²) in [7, 11) is 0. The van der Waals surface area contributed by atoms with E-state index in [0.29, 0.717) is 5.56 Å². The molecule has 0 aliphatic carbocycles. The Morgan fingerprint density at radius 3 is 2.50 bits per heavy atom. The normalized spacial score (nSPS) is 11.8. The molecule has 1 N–H and O–H groups in total. The van der Waals surface area contributed by atoms with Crippen LogP contribution in [0.2, 0.25) is 5.02 Å². The van der Waals surface area contributed by atoms with Crippen molar-refractivity contribution in [2.45, 2.75) is 27.3 Å². The molecule has 0 saturated carbocycles. The number of carbonyl (C=O) groups is 1. The highest BCUT2D eigenvalue weighted by Gasteiger charge is 2.27.